The van der Waals surface area contributed by atoms with E-state index in [1.54, 1.807) is 36.4 Å². The lowest BCUT2D eigenvalue weighted by atomic mass is 10.2. The normalized spacial score (nSPS) is 9.94. The minimum atomic E-state index is -0.224. The molecule has 0 saturated carbocycles. The Labute approximate surface area is 99.5 Å². The van der Waals surface area contributed by atoms with Crippen molar-refractivity contribution in [3.8, 4) is 0 Å². The smallest absolute Gasteiger partial charge is 0.274 e. The molecule has 0 bridgehead atoms. The fraction of sp³-hybridized carbons (Fsp3) is 0.0769. The third-order valence-corrected chi connectivity index (χ3v) is 2.29. The lowest BCUT2D eigenvalue weighted by Crippen LogP contribution is -2.13. The number of nitrogen functional groups attached to an aromatic ring is 1. The van der Waals surface area contributed by atoms with E-state index < -0.39 is 0 Å². The Hall–Kier alpha value is -2.36. The van der Waals surface area contributed by atoms with Crippen LogP contribution < -0.4 is 11.1 Å². The van der Waals surface area contributed by atoms with Gasteiger partial charge in [-0.25, -0.2) is 4.98 Å². The van der Waals surface area contributed by atoms with Crippen LogP contribution in [0.2, 0.25) is 0 Å². The lowest BCUT2D eigenvalue weighted by Gasteiger charge is -2.05. The molecule has 0 atom stereocenters. The molecule has 2 aromatic rings. The van der Waals surface area contributed by atoms with Crippen molar-refractivity contribution in [1.82, 2.24) is 4.98 Å². The van der Waals surface area contributed by atoms with Crippen molar-refractivity contribution in [2.24, 2.45) is 0 Å². The van der Waals surface area contributed by atoms with Gasteiger partial charge in [0.25, 0.3) is 5.91 Å². The largest absolute Gasteiger partial charge is 0.399 e. The third kappa shape index (κ3) is 2.81. The molecule has 0 radical (unpaired) electrons. The first kappa shape index (κ1) is 11.1. The first-order valence-electron chi connectivity index (χ1n) is 5.26. The second-order valence-corrected chi connectivity index (χ2v) is 3.74. The van der Waals surface area contributed by atoms with E-state index in [2.05, 4.69) is 10.3 Å². The Morgan fingerprint density at radius 3 is 2.53 bits per heavy atom. The van der Waals surface area contributed by atoms with Crippen molar-refractivity contribution >= 4 is 17.3 Å². The van der Waals surface area contributed by atoms with Crippen LogP contribution in [0.5, 0.6) is 0 Å². The van der Waals surface area contributed by atoms with Crippen LogP contribution in [0, 0.1) is 6.92 Å². The molecule has 0 saturated heterocycles. The van der Waals surface area contributed by atoms with Crippen molar-refractivity contribution < 1.29 is 4.79 Å². The van der Waals surface area contributed by atoms with Gasteiger partial charge in [-0.1, -0.05) is 6.07 Å². The van der Waals surface area contributed by atoms with E-state index in [9.17, 15) is 4.79 Å². The third-order valence-electron chi connectivity index (χ3n) is 2.29. The number of nitrogens with one attached hydrogen (secondary N) is 1. The van der Waals surface area contributed by atoms with Gasteiger partial charge in [0, 0.05) is 17.1 Å². The molecule has 0 spiro atoms. The van der Waals surface area contributed by atoms with Crippen LogP contribution in [0.4, 0.5) is 11.4 Å². The van der Waals surface area contributed by atoms with Crippen molar-refractivity contribution in [2.45, 2.75) is 6.92 Å². The van der Waals surface area contributed by atoms with E-state index in [0.29, 0.717) is 17.1 Å². The minimum absolute atomic E-state index is 0.224. The molecule has 1 aromatic heterocycles. The molecule has 0 fully saturated rings. The molecule has 86 valence electrons. The first-order valence-corrected chi connectivity index (χ1v) is 5.26. The van der Waals surface area contributed by atoms with Crippen LogP contribution in [0.1, 0.15) is 16.2 Å². The van der Waals surface area contributed by atoms with Crippen molar-refractivity contribution in [1.29, 1.82) is 0 Å². The number of nitrogens with two attached hydrogens (primary N) is 1. The number of rotatable bonds is 2. The summed E-state index contributed by atoms with van der Waals surface area (Å²) in [7, 11) is 0. The topological polar surface area (TPSA) is 68.0 Å². The van der Waals surface area contributed by atoms with E-state index >= 15 is 0 Å². The maximum absolute atomic E-state index is 11.8. The molecule has 0 aliphatic carbocycles. The number of aryl methyl sites for hydroxylation is 1. The summed E-state index contributed by atoms with van der Waals surface area (Å²) in [6.07, 6.45) is 0. The SMILES string of the molecule is Cc1cccc(C(=O)Nc2ccc(N)cc2)n1. The summed E-state index contributed by atoms with van der Waals surface area (Å²) < 4.78 is 0. The molecule has 4 heteroatoms. The fourth-order valence-electron chi connectivity index (χ4n) is 1.43. The standard InChI is InChI=1S/C13H13N3O/c1-9-3-2-4-12(15-9)13(17)16-11-7-5-10(14)6-8-11/h2-8H,14H2,1H3,(H,16,17). The number of amides is 1. The zero-order valence-electron chi connectivity index (χ0n) is 9.47. The highest BCUT2D eigenvalue weighted by Crippen LogP contribution is 2.11. The molecule has 4 nitrogen and oxygen atoms in total. The molecule has 1 heterocycles. The quantitative estimate of drug-likeness (QED) is 0.773. The zero-order chi connectivity index (χ0) is 12.3. The highest BCUT2D eigenvalue weighted by Gasteiger charge is 2.07. The number of carbonyl (C=O) groups excluding carboxylic acids is 1. The Morgan fingerprint density at radius 1 is 1.18 bits per heavy atom. The van der Waals surface area contributed by atoms with Crippen molar-refractivity contribution in [3.63, 3.8) is 0 Å². The zero-order valence-corrected chi connectivity index (χ0v) is 9.47. The number of pyridine rings is 1. The number of benzene rings is 1. The number of hydrogen-bond acceptors (Lipinski definition) is 3. The average molecular weight is 227 g/mol. The maximum Gasteiger partial charge on any atom is 0.274 e. The van der Waals surface area contributed by atoms with E-state index in [-0.39, 0.29) is 5.91 Å². The second kappa shape index (κ2) is 4.65. The summed E-state index contributed by atoms with van der Waals surface area (Å²) in [5.41, 5.74) is 8.15. The Morgan fingerprint density at radius 2 is 1.88 bits per heavy atom. The van der Waals surface area contributed by atoms with Gasteiger partial charge in [0.1, 0.15) is 5.69 Å². The van der Waals surface area contributed by atoms with Gasteiger partial charge in [-0.3, -0.25) is 4.79 Å². The monoisotopic (exact) mass is 227 g/mol. The van der Waals surface area contributed by atoms with Gasteiger partial charge in [-0.05, 0) is 43.3 Å². The maximum atomic E-state index is 11.8. The van der Waals surface area contributed by atoms with Gasteiger partial charge in [0.05, 0.1) is 0 Å². The predicted octanol–water partition coefficient (Wildman–Crippen LogP) is 2.22. The number of carbonyl (C=O) groups is 1. The summed E-state index contributed by atoms with van der Waals surface area (Å²) in [4.78, 5) is 16.0. The summed E-state index contributed by atoms with van der Waals surface area (Å²) in [5, 5.41) is 2.76. The fourth-order valence-corrected chi connectivity index (χ4v) is 1.43. The molecule has 2 rings (SSSR count). The molecular weight excluding hydrogens is 214 g/mol. The van der Waals surface area contributed by atoms with E-state index in [1.165, 1.54) is 0 Å². The minimum Gasteiger partial charge on any atom is -0.399 e. The number of aromatic nitrogens is 1. The summed E-state index contributed by atoms with van der Waals surface area (Å²) in [6, 6.07) is 12.3. The molecule has 3 N–H and O–H groups in total. The summed E-state index contributed by atoms with van der Waals surface area (Å²) in [6.45, 7) is 1.85. The molecule has 1 aromatic carbocycles. The lowest BCUT2D eigenvalue weighted by molar-refractivity contribution is 0.102. The van der Waals surface area contributed by atoms with Crippen LogP contribution >= 0.6 is 0 Å². The van der Waals surface area contributed by atoms with E-state index in [4.69, 9.17) is 5.73 Å². The van der Waals surface area contributed by atoms with Gasteiger partial charge in [-0.15, -0.1) is 0 Å². The first-order chi connectivity index (χ1) is 8.15. The van der Waals surface area contributed by atoms with E-state index in [1.807, 2.05) is 13.0 Å². The summed E-state index contributed by atoms with van der Waals surface area (Å²) >= 11 is 0. The molecule has 0 aliphatic rings. The highest BCUT2D eigenvalue weighted by atomic mass is 16.1. The van der Waals surface area contributed by atoms with Gasteiger partial charge in [-0.2, -0.15) is 0 Å². The molecule has 0 aliphatic heterocycles. The van der Waals surface area contributed by atoms with Crippen LogP contribution in [-0.2, 0) is 0 Å². The Balaban J connectivity index is 2.14. The second-order valence-electron chi connectivity index (χ2n) is 3.74. The number of anilines is 2. The Kier molecular flexibility index (Phi) is 3.05. The van der Waals surface area contributed by atoms with E-state index in [0.717, 1.165) is 5.69 Å². The van der Waals surface area contributed by atoms with Gasteiger partial charge >= 0.3 is 0 Å². The van der Waals surface area contributed by atoms with Gasteiger partial charge in [0.15, 0.2) is 0 Å². The Bertz CT molecular complexity index is 535. The number of nitrogens with zero attached hydrogens (tertiary/aromatic N) is 1. The van der Waals surface area contributed by atoms with Crippen LogP contribution in [0.3, 0.4) is 0 Å². The summed E-state index contributed by atoms with van der Waals surface area (Å²) in [5.74, 6) is -0.224. The van der Waals surface area contributed by atoms with Crippen molar-refractivity contribution in [3.05, 3.63) is 53.9 Å². The predicted molar refractivity (Wildman–Crippen MR) is 67.8 cm³/mol. The molecule has 17 heavy (non-hydrogen) atoms. The number of hydrogen-bond donors (Lipinski definition) is 2. The molecule has 1 amide bonds. The van der Waals surface area contributed by atoms with Gasteiger partial charge in [0.2, 0.25) is 0 Å². The van der Waals surface area contributed by atoms with Crippen molar-refractivity contribution in [2.75, 3.05) is 11.1 Å². The van der Waals surface area contributed by atoms with Crippen LogP contribution in [0.25, 0.3) is 0 Å². The highest BCUT2D eigenvalue weighted by molar-refractivity contribution is 6.02. The van der Waals surface area contributed by atoms with Crippen LogP contribution in [-0.4, -0.2) is 10.9 Å². The molecular formula is C13H13N3O. The average Bonchev–Trinajstić information content (AvgIpc) is 2.32. The van der Waals surface area contributed by atoms with Crippen LogP contribution in [0.15, 0.2) is 42.5 Å². The van der Waals surface area contributed by atoms with Gasteiger partial charge < -0.3 is 11.1 Å². The molecule has 0 unspecified atom stereocenters.